The van der Waals surface area contributed by atoms with Crippen molar-refractivity contribution in [1.29, 1.82) is 0 Å². The highest BCUT2D eigenvalue weighted by molar-refractivity contribution is 5.85. The molecule has 2 amide bonds. The summed E-state index contributed by atoms with van der Waals surface area (Å²) >= 11 is 0. The van der Waals surface area contributed by atoms with Crippen LogP contribution < -0.4 is 5.32 Å². The quantitative estimate of drug-likeness (QED) is 0.827. The maximum absolute atomic E-state index is 12.0. The molecule has 1 heterocycles. The number of rotatable bonds is 6. The van der Waals surface area contributed by atoms with Gasteiger partial charge in [-0.3, -0.25) is 9.59 Å². The Labute approximate surface area is 131 Å². The summed E-state index contributed by atoms with van der Waals surface area (Å²) < 4.78 is 0. The van der Waals surface area contributed by atoms with E-state index in [-0.39, 0.29) is 24.4 Å². The number of piperidine rings is 1. The lowest BCUT2D eigenvalue weighted by Crippen LogP contribution is -2.48. The Balaban J connectivity index is 1.79. The second-order valence-electron chi connectivity index (χ2n) is 5.89. The van der Waals surface area contributed by atoms with E-state index in [0.29, 0.717) is 19.4 Å². The van der Waals surface area contributed by atoms with E-state index in [0.717, 1.165) is 18.4 Å². The first kappa shape index (κ1) is 16.5. The van der Waals surface area contributed by atoms with Crippen LogP contribution in [0.2, 0.25) is 0 Å². The van der Waals surface area contributed by atoms with E-state index in [1.807, 2.05) is 30.3 Å². The van der Waals surface area contributed by atoms with Crippen LogP contribution in [0.3, 0.4) is 0 Å². The minimum absolute atomic E-state index is 0.0406. The average molecular weight is 304 g/mol. The van der Waals surface area contributed by atoms with Crippen molar-refractivity contribution in [3.05, 3.63) is 35.9 Å². The molecule has 1 aromatic carbocycles. The fourth-order valence-electron chi connectivity index (χ4n) is 2.63. The number of hydrogen-bond donors (Lipinski definition) is 2. The number of nitrogens with zero attached hydrogens (tertiary/aromatic N) is 1. The fraction of sp³-hybridized carbons (Fsp3) is 0.529. The molecule has 1 aliphatic heterocycles. The average Bonchev–Trinajstić information content (AvgIpc) is 2.50. The van der Waals surface area contributed by atoms with Gasteiger partial charge in [-0.2, -0.15) is 0 Å². The predicted octanol–water partition coefficient (Wildman–Crippen LogP) is 1.11. The summed E-state index contributed by atoms with van der Waals surface area (Å²) in [5, 5.41) is 13.0. The molecule has 2 N–H and O–H groups in total. The predicted molar refractivity (Wildman–Crippen MR) is 84.2 cm³/mol. The lowest BCUT2D eigenvalue weighted by molar-refractivity contribution is -0.138. The third kappa shape index (κ3) is 4.84. The molecular weight excluding hydrogens is 280 g/mol. The Morgan fingerprint density at radius 1 is 1.32 bits per heavy atom. The van der Waals surface area contributed by atoms with Gasteiger partial charge in [-0.05, 0) is 25.3 Å². The van der Waals surface area contributed by atoms with E-state index in [4.69, 9.17) is 0 Å². The lowest BCUT2D eigenvalue weighted by atomic mass is 10.0. The van der Waals surface area contributed by atoms with Gasteiger partial charge in [0.15, 0.2) is 0 Å². The first-order valence-corrected chi connectivity index (χ1v) is 7.85. The molecule has 1 aliphatic rings. The van der Waals surface area contributed by atoms with Crippen molar-refractivity contribution in [1.82, 2.24) is 10.2 Å². The molecular formula is C17H24N2O3. The van der Waals surface area contributed by atoms with Gasteiger partial charge in [-0.1, -0.05) is 30.3 Å². The summed E-state index contributed by atoms with van der Waals surface area (Å²) in [6.07, 6.45) is 2.22. The van der Waals surface area contributed by atoms with Crippen LogP contribution in [0.1, 0.15) is 31.7 Å². The van der Waals surface area contributed by atoms with E-state index in [9.17, 15) is 14.7 Å². The van der Waals surface area contributed by atoms with Gasteiger partial charge >= 0.3 is 0 Å². The standard InChI is InChI=1S/C17H24N2O3/c1-13(15(20)11-14-7-3-2-4-8-14)18-16(21)12-19-10-6-5-9-17(19)22/h2-4,7-8,13,15,20H,5-6,9-12H2,1H3,(H,18,21). The van der Waals surface area contributed by atoms with Crippen LogP contribution in [0.5, 0.6) is 0 Å². The van der Waals surface area contributed by atoms with Crippen molar-refractivity contribution >= 4 is 11.8 Å². The minimum Gasteiger partial charge on any atom is -0.391 e. The Bertz CT molecular complexity index is 504. The van der Waals surface area contributed by atoms with E-state index >= 15 is 0 Å². The van der Waals surface area contributed by atoms with E-state index in [1.165, 1.54) is 0 Å². The summed E-state index contributed by atoms with van der Waals surface area (Å²) in [4.78, 5) is 25.3. The van der Waals surface area contributed by atoms with Crippen molar-refractivity contribution in [3.63, 3.8) is 0 Å². The third-order valence-corrected chi connectivity index (χ3v) is 4.01. The van der Waals surface area contributed by atoms with Crippen molar-refractivity contribution in [3.8, 4) is 0 Å². The molecule has 120 valence electrons. The number of carbonyl (C=O) groups excluding carboxylic acids is 2. The molecule has 22 heavy (non-hydrogen) atoms. The van der Waals surface area contributed by atoms with Crippen LogP contribution in [0.4, 0.5) is 0 Å². The number of benzene rings is 1. The normalized spacial score (nSPS) is 17.9. The topological polar surface area (TPSA) is 69.6 Å². The Morgan fingerprint density at radius 2 is 2.05 bits per heavy atom. The molecule has 2 atom stereocenters. The number of aliphatic hydroxyl groups is 1. The van der Waals surface area contributed by atoms with Crippen LogP contribution in [0, 0.1) is 0 Å². The highest BCUT2D eigenvalue weighted by Crippen LogP contribution is 2.10. The first-order valence-electron chi connectivity index (χ1n) is 7.85. The summed E-state index contributed by atoms with van der Waals surface area (Å²) in [5.41, 5.74) is 1.03. The number of carbonyl (C=O) groups is 2. The second-order valence-corrected chi connectivity index (χ2v) is 5.89. The Morgan fingerprint density at radius 3 is 2.73 bits per heavy atom. The zero-order valence-corrected chi connectivity index (χ0v) is 13.0. The van der Waals surface area contributed by atoms with E-state index in [2.05, 4.69) is 5.32 Å². The van der Waals surface area contributed by atoms with Crippen molar-refractivity contribution < 1.29 is 14.7 Å². The van der Waals surface area contributed by atoms with Gasteiger partial charge in [0, 0.05) is 19.4 Å². The van der Waals surface area contributed by atoms with E-state index in [1.54, 1.807) is 11.8 Å². The molecule has 1 fully saturated rings. The third-order valence-electron chi connectivity index (χ3n) is 4.01. The monoisotopic (exact) mass is 304 g/mol. The molecule has 0 spiro atoms. The molecule has 0 aliphatic carbocycles. The van der Waals surface area contributed by atoms with Gasteiger partial charge in [0.25, 0.3) is 0 Å². The summed E-state index contributed by atoms with van der Waals surface area (Å²) in [5.74, 6) is -0.172. The van der Waals surface area contributed by atoms with Gasteiger partial charge in [0.1, 0.15) is 0 Å². The highest BCUT2D eigenvalue weighted by Gasteiger charge is 2.22. The maximum Gasteiger partial charge on any atom is 0.239 e. The summed E-state index contributed by atoms with van der Waals surface area (Å²) in [6.45, 7) is 2.51. The molecule has 2 unspecified atom stereocenters. The first-order chi connectivity index (χ1) is 10.6. The molecule has 5 nitrogen and oxygen atoms in total. The minimum atomic E-state index is -0.650. The number of amides is 2. The van der Waals surface area contributed by atoms with Crippen LogP contribution in [0.25, 0.3) is 0 Å². The van der Waals surface area contributed by atoms with E-state index < -0.39 is 6.10 Å². The Kier molecular flexibility index (Phi) is 5.95. The van der Waals surface area contributed by atoms with Crippen LogP contribution >= 0.6 is 0 Å². The summed E-state index contributed by atoms with van der Waals surface area (Å²) in [7, 11) is 0. The molecule has 2 rings (SSSR count). The number of nitrogens with one attached hydrogen (secondary N) is 1. The van der Waals surface area contributed by atoms with Gasteiger partial charge in [-0.25, -0.2) is 0 Å². The fourth-order valence-corrected chi connectivity index (χ4v) is 2.63. The molecule has 0 aromatic heterocycles. The van der Waals surface area contributed by atoms with Crippen LogP contribution in [-0.2, 0) is 16.0 Å². The second kappa shape index (κ2) is 7.94. The molecule has 0 bridgehead atoms. The SMILES string of the molecule is CC(NC(=O)CN1CCCCC1=O)C(O)Cc1ccccc1. The Hall–Kier alpha value is -1.88. The molecule has 1 saturated heterocycles. The number of aliphatic hydroxyl groups excluding tert-OH is 1. The molecule has 5 heteroatoms. The molecule has 1 aromatic rings. The van der Waals surface area contributed by atoms with Gasteiger partial charge in [0.2, 0.25) is 11.8 Å². The maximum atomic E-state index is 12.0. The van der Waals surface area contributed by atoms with Crippen molar-refractivity contribution in [2.45, 2.75) is 44.8 Å². The van der Waals surface area contributed by atoms with Crippen LogP contribution in [-0.4, -0.2) is 47.1 Å². The highest BCUT2D eigenvalue weighted by atomic mass is 16.3. The number of hydrogen-bond acceptors (Lipinski definition) is 3. The van der Waals surface area contributed by atoms with Gasteiger partial charge in [0.05, 0.1) is 18.7 Å². The van der Waals surface area contributed by atoms with Crippen molar-refractivity contribution in [2.24, 2.45) is 0 Å². The largest absolute Gasteiger partial charge is 0.391 e. The van der Waals surface area contributed by atoms with Crippen molar-refractivity contribution in [2.75, 3.05) is 13.1 Å². The van der Waals surface area contributed by atoms with Crippen LogP contribution in [0.15, 0.2) is 30.3 Å². The zero-order chi connectivity index (χ0) is 15.9. The molecule has 0 radical (unpaired) electrons. The van der Waals surface area contributed by atoms with Gasteiger partial charge in [-0.15, -0.1) is 0 Å². The van der Waals surface area contributed by atoms with Gasteiger partial charge < -0.3 is 15.3 Å². The zero-order valence-electron chi connectivity index (χ0n) is 13.0. The number of likely N-dealkylation sites (tertiary alicyclic amines) is 1. The summed E-state index contributed by atoms with van der Waals surface area (Å²) in [6, 6.07) is 9.32. The lowest BCUT2D eigenvalue weighted by Gasteiger charge is -2.27. The molecule has 0 saturated carbocycles. The smallest absolute Gasteiger partial charge is 0.239 e.